The number of rotatable bonds is 7. The second-order valence-corrected chi connectivity index (χ2v) is 15.3. The summed E-state index contributed by atoms with van der Waals surface area (Å²) in [5.74, 6) is 1.66. The first-order valence-corrected chi connectivity index (χ1v) is 20.5. The fraction of sp³-hybridized carbons (Fsp3) is 0. The van der Waals surface area contributed by atoms with Crippen LogP contribution in [0.2, 0.25) is 0 Å². The van der Waals surface area contributed by atoms with Gasteiger partial charge in [-0.05, 0) is 109 Å². The van der Waals surface area contributed by atoms with Gasteiger partial charge in [0.25, 0.3) is 0 Å². The zero-order valence-electron chi connectivity index (χ0n) is 32.9. The molecule has 0 N–H and O–H groups in total. The lowest BCUT2D eigenvalue weighted by Gasteiger charge is -2.29. The minimum Gasteiger partial charge on any atom is -0.456 e. The van der Waals surface area contributed by atoms with Gasteiger partial charge in [0.2, 0.25) is 0 Å². The van der Waals surface area contributed by atoms with Crippen molar-refractivity contribution in [2.75, 3.05) is 4.90 Å². The minimum absolute atomic E-state index is 0.814. The predicted octanol–water partition coefficient (Wildman–Crippen LogP) is 16.4. The molecule has 2 heteroatoms. The molecule has 0 fully saturated rings. The first-order chi connectivity index (χ1) is 29.7. The van der Waals surface area contributed by atoms with Crippen molar-refractivity contribution in [3.05, 3.63) is 237 Å². The van der Waals surface area contributed by atoms with E-state index in [0.29, 0.717) is 0 Å². The van der Waals surface area contributed by atoms with Crippen LogP contribution in [0.25, 0.3) is 77.5 Å². The first-order valence-electron chi connectivity index (χ1n) is 20.5. The molecule has 0 spiro atoms. The smallest absolute Gasteiger partial charge is 0.137 e. The van der Waals surface area contributed by atoms with Crippen molar-refractivity contribution in [3.63, 3.8) is 0 Å². The van der Waals surface area contributed by atoms with Crippen LogP contribution in [0.4, 0.5) is 17.1 Å². The highest BCUT2D eigenvalue weighted by Crippen LogP contribution is 2.55. The molecule has 282 valence electrons. The second-order valence-electron chi connectivity index (χ2n) is 15.3. The molecule has 0 saturated heterocycles. The van der Waals surface area contributed by atoms with Crippen LogP contribution in [0.3, 0.4) is 0 Å². The van der Waals surface area contributed by atoms with Crippen molar-refractivity contribution in [2.45, 2.75) is 0 Å². The molecule has 0 radical (unpaired) electrons. The molecule has 1 aliphatic rings. The maximum Gasteiger partial charge on any atom is 0.137 e. The van der Waals surface area contributed by atoms with Crippen molar-refractivity contribution < 1.29 is 4.74 Å². The van der Waals surface area contributed by atoms with Gasteiger partial charge in [-0.2, -0.15) is 0 Å². The molecule has 1 heterocycles. The summed E-state index contributed by atoms with van der Waals surface area (Å²) in [5, 5.41) is 2.32. The third-order valence-corrected chi connectivity index (χ3v) is 11.7. The Bertz CT molecular complexity index is 3120. The van der Waals surface area contributed by atoms with E-state index in [2.05, 4.69) is 241 Å². The summed E-state index contributed by atoms with van der Waals surface area (Å²) >= 11 is 0. The molecule has 1 aliphatic heterocycles. The molecule has 0 saturated carbocycles. The minimum atomic E-state index is 0.814. The largest absolute Gasteiger partial charge is 0.456 e. The molecule has 2 nitrogen and oxygen atoms in total. The van der Waals surface area contributed by atoms with Crippen LogP contribution in [0.15, 0.2) is 237 Å². The molecule has 0 atom stereocenters. The molecule has 60 heavy (non-hydrogen) atoms. The highest BCUT2D eigenvalue weighted by molar-refractivity contribution is 6.06. The van der Waals surface area contributed by atoms with E-state index >= 15 is 0 Å². The van der Waals surface area contributed by atoms with Crippen LogP contribution in [0, 0.1) is 0 Å². The number of anilines is 3. The number of ether oxygens (including phenoxy) is 1. The van der Waals surface area contributed by atoms with Crippen LogP contribution in [0.5, 0.6) is 11.5 Å². The van der Waals surface area contributed by atoms with E-state index in [-0.39, 0.29) is 0 Å². The maximum atomic E-state index is 7.12. The van der Waals surface area contributed by atoms with E-state index in [0.717, 1.165) is 72.9 Å². The third-order valence-electron chi connectivity index (χ3n) is 11.7. The molecular weight excluding hydrogens is 727 g/mol. The average molecular weight is 766 g/mol. The van der Waals surface area contributed by atoms with Gasteiger partial charge >= 0.3 is 0 Å². The van der Waals surface area contributed by atoms with Crippen molar-refractivity contribution in [1.29, 1.82) is 0 Å². The lowest BCUT2D eigenvalue weighted by molar-refractivity contribution is 0.488. The summed E-state index contributed by atoms with van der Waals surface area (Å²) in [6, 6.07) is 84.7. The van der Waals surface area contributed by atoms with Crippen molar-refractivity contribution in [3.8, 4) is 78.3 Å². The first kappa shape index (κ1) is 35.2. The number of hydrogen-bond acceptors (Lipinski definition) is 2. The Kier molecular flexibility index (Phi) is 8.87. The summed E-state index contributed by atoms with van der Waals surface area (Å²) < 4.78 is 7.12. The topological polar surface area (TPSA) is 12.5 Å². The average Bonchev–Trinajstić information content (AvgIpc) is 3.46. The molecule has 0 bridgehead atoms. The van der Waals surface area contributed by atoms with Gasteiger partial charge in [-0.15, -0.1) is 0 Å². The lowest BCUT2D eigenvalue weighted by atomic mass is 9.86. The maximum absolute atomic E-state index is 7.12. The predicted molar refractivity (Wildman–Crippen MR) is 251 cm³/mol. The van der Waals surface area contributed by atoms with Gasteiger partial charge in [0, 0.05) is 28.1 Å². The normalized spacial score (nSPS) is 11.5. The second kappa shape index (κ2) is 15.1. The van der Waals surface area contributed by atoms with E-state index in [1.165, 1.54) is 33.2 Å². The molecule has 0 aliphatic carbocycles. The molecule has 0 unspecified atom stereocenters. The zero-order valence-corrected chi connectivity index (χ0v) is 32.9. The summed E-state index contributed by atoms with van der Waals surface area (Å²) in [6.45, 7) is 0. The zero-order chi connectivity index (χ0) is 39.8. The van der Waals surface area contributed by atoms with E-state index in [4.69, 9.17) is 4.74 Å². The molecule has 10 aromatic carbocycles. The summed E-state index contributed by atoms with van der Waals surface area (Å²) in [5.41, 5.74) is 17.0. The molecule has 0 aromatic heterocycles. The van der Waals surface area contributed by atoms with E-state index in [1.807, 2.05) is 0 Å². The monoisotopic (exact) mass is 765 g/mol. The molecular formula is C58H39NO. The SMILES string of the molecule is c1ccc(-c2ccc(-c3ccc(N(c4ccc(-c5ccccc5)cc4)c4cccc5c4-c4cccc(-c6ccccc6)c4-c4cc6ccccc6cc4O5)cc3)cc2)cc1. The summed E-state index contributed by atoms with van der Waals surface area (Å²) in [7, 11) is 0. The van der Waals surface area contributed by atoms with Gasteiger partial charge in [-0.3, -0.25) is 0 Å². The van der Waals surface area contributed by atoms with Gasteiger partial charge in [0.15, 0.2) is 0 Å². The van der Waals surface area contributed by atoms with Crippen LogP contribution < -0.4 is 9.64 Å². The Labute approximate surface area is 350 Å². The van der Waals surface area contributed by atoms with Crippen molar-refractivity contribution in [1.82, 2.24) is 0 Å². The molecule has 10 aromatic rings. The standard InChI is InChI=1S/C58H39NO/c1-4-14-40(15-5-1)42-26-28-43(29-27-42)45-32-36-50(37-33-45)59(49-34-30-44(31-35-49)41-16-6-2-7-17-41)54-24-13-25-55-58(54)52-23-12-22-51(46-18-8-3-9-19-46)57(52)53-38-47-20-10-11-21-48(47)39-56(53)60-55/h1-39H. The number of hydrogen-bond donors (Lipinski definition) is 0. The van der Waals surface area contributed by atoms with Crippen LogP contribution in [-0.4, -0.2) is 0 Å². The molecule has 11 rings (SSSR count). The Morgan fingerprint density at radius 3 is 1.25 bits per heavy atom. The highest BCUT2D eigenvalue weighted by Gasteiger charge is 2.29. The van der Waals surface area contributed by atoms with Crippen LogP contribution in [0.1, 0.15) is 0 Å². The third kappa shape index (κ3) is 6.41. The van der Waals surface area contributed by atoms with Gasteiger partial charge in [0.1, 0.15) is 11.5 Å². The quantitative estimate of drug-likeness (QED) is 0.160. The number of nitrogens with zero attached hydrogens (tertiary/aromatic N) is 1. The number of fused-ring (bicyclic) bond motifs is 6. The van der Waals surface area contributed by atoms with Crippen LogP contribution in [-0.2, 0) is 0 Å². The van der Waals surface area contributed by atoms with Crippen LogP contribution >= 0.6 is 0 Å². The van der Waals surface area contributed by atoms with Gasteiger partial charge < -0.3 is 9.64 Å². The molecule has 0 amide bonds. The van der Waals surface area contributed by atoms with Gasteiger partial charge in [-0.25, -0.2) is 0 Å². The number of benzene rings is 10. The van der Waals surface area contributed by atoms with Gasteiger partial charge in [-0.1, -0.05) is 188 Å². The Balaban J connectivity index is 1.10. The van der Waals surface area contributed by atoms with E-state index in [9.17, 15) is 0 Å². The Morgan fingerprint density at radius 2 is 0.700 bits per heavy atom. The summed E-state index contributed by atoms with van der Waals surface area (Å²) in [6.07, 6.45) is 0. The Morgan fingerprint density at radius 1 is 0.267 bits per heavy atom. The Hall–Kier alpha value is -7.94. The highest BCUT2D eigenvalue weighted by atomic mass is 16.5. The lowest BCUT2D eigenvalue weighted by Crippen LogP contribution is -2.11. The van der Waals surface area contributed by atoms with Crippen molar-refractivity contribution >= 4 is 27.8 Å². The summed E-state index contributed by atoms with van der Waals surface area (Å²) in [4.78, 5) is 2.38. The van der Waals surface area contributed by atoms with E-state index < -0.39 is 0 Å². The van der Waals surface area contributed by atoms with E-state index in [1.54, 1.807) is 0 Å². The fourth-order valence-corrected chi connectivity index (χ4v) is 8.74. The fourth-order valence-electron chi connectivity index (χ4n) is 8.74. The van der Waals surface area contributed by atoms with Crippen molar-refractivity contribution in [2.24, 2.45) is 0 Å². The van der Waals surface area contributed by atoms with Gasteiger partial charge in [0.05, 0.1) is 5.69 Å².